The van der Waals surface area contributed by atoms with E-state index in [2.05, 4.69) is 10.3 Å². The van der Waals surface area contributed by atoms with Gasteiger partial charge in [0.05, 0.1) is 29.4 Å². The quantitative estimate of drug-likeness (QED) is 0.827. The van der Waals surface area contributed by atoms with Gasteiger partial charge < -0.3 is 14.8 Å². The zero-order valence-corrected chi connectivity index (χ0v) is 15.6. The minimum Gasteiger partial charge on any atom is -0.462 e. The number of pyridine rings is 1. The number of esters is 1. The minimum absolute atomic E-state index is 0.175. The Balaban J connectivity index is 2.42. The number of amides is 1. The zero-order valence-electron chi connectivity index (χ0n) is 15.6. The van der Waals surface area contributed by atoms with Crippen LogP contribution < -0.4 is 5.32 Å². The van der Waals surface area contributed by atoms with Crippen LogP contribution in [0.2, 0.25) is 0 Å². The number of alkyl carbamates (subject to hydrolysis) is 1. The summed E-state index contributed by atoms with van der Waals surface area (Å²) in [6.07, 6.45) is -0.624. The molecule has 0 fully saturated rings. The molecule has 1 aromatic carbocycles. The van der Waals surface area contributed by atoms with E-state index in [1.165, 1.54) is 24.3 Å². The summed E-state index contributed by atoms with van der Waals surface area (Å²) in [5.74, 6) is -1.01. The summed E-state index contributed by atoms with van der Waals surface area (Å²) in [5, 5.41) is 3.13. The highest BCUT2D eigenvalue weighted by molar-refractivity contribution is 5.95. The average Bonchev–Trinajstić information content (AvgIpc) is 2.51. The first-order valence-corrected chi connectivity index (χ1v) is 8.37. The molecule has 2 rings (SSSR count). The lowest BCUT2D eigenvalue weighted by Crippen LogP contribution is -2.34. The molecule has 6 nitrogen and oxygen atoms in total. The maximum Gasteiger partial charge on any atom is 0.408 e. The van der Waals surface area contributed by atoms with E-state index in [-0.39, 0.29) is 12.2 Å². The monoisotopic (exact) mass is 362 g/mol. The van der Waals surface area contributed by atoms with Gasteiger partial charge in [-0.05, 0) is 58.9 Å². The largest absolute Gasteiger partial charge is 0.462 e. The molecule has 1 amide bonds. The predicted molar refractivity (Wildman–Crippen MR) is 95.4 cm³/mol. The van der Waals surface area contributed by atoms with Crippen LogP contribution in [0.4, 0.5) is 9.18 Å². The Bertz CT molecular complexity index is 830. The Labute approximate surface area is 151 Å². The summed E-state index contributed by atoms with van der Waals surface area (Å²) >= 11 is 0. The molecular formula is C19H23FN2O4. The number of hydrogen-bond acceptors (Lipinski definition) is 5. The first-order valence-electron chi connectivity index (χ1n) is 8.37. The number of carbonyl (C=O) groups is 2. The van der Waals surface area contributed by atoms with Crippen LogP contribution in [0.25, 0.3) is 10.9 Å². The predicted octanol–water partition coefficient (Wildman–Crippen LogP) is 4.14. The molecule has 7 heteroatoms. The van der Waals surface area contributed by atoms with E-state index in [1.54, 1.807) is 34.6 Å². The molecule has 0 spiro atoms. The van der Waals surface area contributed by atoms with Gasteiger partial charge in [0.25, 0.3) is 0 Å². The summed E-state index contributed by atoms with van der Waals surface area (Å²) in [4.78, 5) is 28.8. The first kappa shape index (κ1) is 19.6. The molecule has 0 saturated carbocycles. The maximum absolute atomic E-state index is 13.5. The Morgan fingerprint density at radius 2 is 1.96 bits per heavy atom. The molecule has 1 heterocycles. The maximum atomic E-state index is 13.5. The number of fused-ring (bicyclic) bond motifs is 1. The number of aromatic nitrogens is 1. The van der Waals surface area contributed by atoms with Gasteiger partial charge in [0.15, 0.2) is 0 Å². The Morgan fingerprint density at radius 1 is 1.27 bits per heavy atom. The van der Waals surface area contributed by atoms with Crippen LogP contribution in [0.3, 0.4) is 0 Å². The Hall–Kier alpha value is -2.70. The highest BCUT2D eigenvalue weighted by atomic mass is 19.1. The van der Waals surface area contributed by atoms with Crippen LogP contribution in [-0.2, 0) is 9.47 Å². The topological polar surface area (TPSA) is 77.5 Å². The van der Waals surface area contributed by atoms with Crippen LogP contribution in [0.15, 0.2) is 24.3 Å². The van der Waals surface area contributed by atoms with Gasteiger partial charge in [0.1, 0.15) is 11.4 Å². The lowest BCUT2D eigenvalue weighted by Gasteiger charge is -2.22. The van der Waals surface area contributed by atoms with Crippen molar-refractivity contribution in [3.63, 3.8) is 0 Å². The molecule has 26 heavy (non-hydrogen) atoms. The second kappa shape index (κ2) is 7.68. The van der Waals surface area contributed by atoms with Gasteiger partial charge in [0, 0.05) is 5.39 Å². The average molecular weight is 362 g/mol. The van der Waals surface area contributed by atoms with E-state index in [1.807, 2.05) is 0 Å². The second-order valence-corrected chi connectivity index (χ2v) is 6.85. The summed E-state index contributed by atoms with van der Waals surface area (Å²) in [6, 6.07) is 5.00. The molecule has 0 aliphatic carbocycles. The summed E-state index contributed by atoms with van der Waals surface area (Å²) < 4.78 is 23.8. The molecule has 2 aromatic rings. The van der Waals surface area contributed by atoms with Gasteiger partial charge in [-0.3, -0.25) is 0 Å². The summed E-state index contributed by atoms with van der Waals surface area (Å²) in [5.41, 5.74) is 0.358. The second-order valence-electron chi connectivity index (χ2n) is 6.85. The molecule has 1 N–H and O–H groups in total. The molecule has 0 aliphatic rings. The highest BCUT2D eigenvalue weighted by Crippen LogP contribution is 2.24. The summed E-state index contributed by atoms with van der Waals surface area (Å²) in [6.45, 7) is 8.82. The number of rotatable bonds is 4. The van der Waals surface area contributed by atoms with Crippen molar-refractivity contribution in [2.24, 2.45) is 0 Å². The normalized spacial score (nSPS) is 12.5. The Morgan fingerprint density at radius 3 is 2.58 bits per heavy atom. The minimum atomic E-state index is -0.651. The van der Waals surface area contributed by atoms with Crippen molar-refractivity contribution in [3.05, 3.63) is 41.3 Å². The number of carbonyl (C=O) groups excluding carboxylic acids is 2. The molecule has 1 atom stereocenters. The number of nitrogens with one attached hydrogen (secondary N) is 1. The molecule has 0 bridgehead atoms. The Kier molecular flexibility index (Phi) is 5.79. The van der Waals surface area contributed by atoms with Gasteiger partial charge >= 0.3 is 12.1 Å². The van der Waals surface area contributed by atoms with Crippen molar-refractivity contribution in [2.45, 2.75) is 46.3 Å². The zero-order chi connectivity index (χ0) is 19.5. The van der Waals surface area contributed by atoms with E-state index in [0.29, 0.717) is 16.6 Å². The van der Waals surface area contributed by atoms with Crippen molar-refractivity contribution in [1.29, 1.82) is 0 Å². The smallest absolute Gasteiger partial charge is 0.408 e. The molecule has 0 radical (unpaired) electrons. The van der Waals surface area contributed by atoms with Gasteiger partial charge in [-0.2, -0.15) is 0 Å². The SMILES string of the molecule is CCOC(=O)c1cc2cc(F)ccc2nc1[C@H](C)NC(=O)OC(C)(C)C. The standard InChI is InChI=1S/C19H23FN2O4/c1-6-25-17(23)14-10-12-9-13(20)7-8-15(12)22-16(14)11(2)21-18(24)26-19(3,4)5/h7-11H,6H2,1-5H3,(H,21,24)/t11-/m0/s1. The van der Waals surface area contributed by atoms with Crippen LogP contribution in [-0.4, -0.2) is 29.3 Å². The number of hydrogen-bond donors (Lipinski definition) is 1. The van der Waals surface area contributed by atoms with E-state index >= 15 is 0 Å². The number of benzene rings is 1. The number of nitrogens with zero attached hydrogens (tertiary/aromatic N) is 1. The van der Waals surface area contributed by atoms with E-state index in [0.717, 1.165) is 0 Å². The molecule has 0 aliphatic heterocycles. The van der Waals surface area contributed by atoms with Crippen LogP contribution in [0.1, 0.15) is 56.7 Å². The highest BCUT2D eigenvalue weighted by Gasteiger charge is 2.24. The van der Waals surface area contributed by atoms with Gasteiger partial charge in [0.2, 0.25) is 0 Å². The van der Waals surface area contributed by atoms with Gasteiger partial charge in [-0.1, -0.05) is 0 Å². The molecule has 1 aromatic heterocycles. The summed E-state index contributed by atoms with van der Waals surface area (Å²) in [7, 11) is 0. The molecular weight excluding hydrogens is 339 g/mol. The molecule has 0 saturated heterocycles. The third kappa shape index (κ3) is 4.91. The van der Waals surface area contributed by atoms with Crippen molar-refractivity contribution in [3.8, 4) is 0 Å². The van der Waals surface area contributed by atoms with Crippen molar-refractivity contribution in [2.75, 3.05) is 6.61 Å². The fourth-order valence-electron chi connectivity index (χ4n) is 2.42. The fourth-order valence-corrected chi connectivity index (χ4v) is 2.42. The van der Waals surface area contributed by atoms with Gasteiger partial charge in [-0.15, -0.1) is 0 Å². The van der Waals surface area contributed by atoms with Crippen LogP contribution in [0, 0.1) is 5.82 Å². The van der Waals surface area contributed by atoms with Gasteiger partial charge in [-0.25, -0.2) is 19.0 Å². The van der Waals surface area contributed by atoms with Crippen molar-refractivity contribution < 1.29 is 23.5 Å². The number of ether oxygens (including phenoxy) is 2. The third-order valence-corrected chi connectivity index (χ3v) is 3.45. The van der Waals surface area contributed by atoms with Crippen LogP contribution >= 0.6 is 0 Å². The van der Waals surface area contributed by atoms with E-state index < -0.39 is 29.5 Å². The van der Waals surface area contributed by atoms with E-state index in [9.17, 15) is 14.0 Å². The number of halogens is 1. The molecule has 140 valence electrons. The lowest BCUT2D eigenvalue weighted by molar-refractivity contribution is 0.0488. The van der Waals surface area contributed by atoms with Crippen molar-refractivity contribution >= 4 is 23.0 Å². The first-order chi connectivity index (χ1) is 12.1. The lowest BCUT2D eigenvalue weighted by atomic mass is 10.0. The van der Waals surface area contributed by atoms with Crippen LogP contribution in [0.5, 0.6) is 0 Å². The van der Waals surface area contributed by atoms with E-state index in [4.69, 9.17) is 9.47 Å². The van der Waals surface area contributed by atoms with Crippen molar-refractivity contribution in [1.82, 2.24) is 10.3 Å². The fraction of sp³-hybridized carbons (Fsp3) is 0.421. The molecule has 0 unspecified atom stereocenters. The third-order valence-electron chi connectivity index (χ3n) is 3.45.